The molecule has 0 aromatic heterocycles. The first kappa shape index (κ1) is 17.0. The Hall–Kier alpha value is -0.0300. The van der Waals surface area contributed by atoms with Gasteiger partial charge in [-0.2, -0.15) is 0 Å². The third-order valence-corrected chi connectivity index (χ3v) is 3.99. The van der Waals surface area contributed by atoms with Crippen LogP contribution in [-0.2, 0) is 4.74 Å². The third-order valence-electron chi connectivity index (χ3n) is 2.68. The van der Waals surface area contributed by atoms with Gasteiger partial charge in [0.1, 0.15) is 0 Å². The molecule has 0 heterocycles. The smallest absolute Gasteiger partial charge is 0.0781 e. The highest BCUT2D eigenvalue weighted by molar-refractivity contribution is 6.48. The highest BCUT2D eigenvalue weighted by Crippen LogP contribution is 2.35. The Morgan fingerprint density at radius 2 is 1.95 bits per heavy atom. The molecule has 108 valence electrons. The van der Waals surface area contributed by atoms with Gasteiger partial charge in [-0.25, -0.2) is 0 Å². The van der Waals surface area contributed by atoms with Crippen LogP contribution in [0.1, 0.15) is 24.9 Å². The maximum Gasteiger partial charge on any atom is 0.0781 e. The van der Waals surface area contributed by atoms with E-state index in [1.54, 1.807) is 6.07 Å². The van der Waals surface area contributed by atoms with Crippen LogP contribution in [0.4, 0.5) is 0 Å². The summed E-state index contributed by atoms with van der Waals surface area (Å²) in [5.41, 5.74) is 0.923. The molecular weight excluding hydrogens is 309 g/mol. The van der Waals surface area contributed by atoms with Gasteiger partial charge in [0.2, 0.25) is 0 Å². The molecule has 6 heteroatoms. The number of benzene rings is 1. The Morgan fingerprint density at radius 1 is 1.21 bits per heavy atom. The van der Waals surface area contributed by atoms with E-state index in [0.717, 1.165) is 18.5 Å². The van der Waals surface area contributed by atoms with Crippen molar-refractivity contribution in [2.24, 2.45) is 0 Å². The number of aliphatic hydroxyl groups is 1. The van der Waals surface area contributed by atoms with E-state index in [4.69, 9.17) is 44.6 Å². The molecule has 0 aliphatic rings. The molecule has 1 rings (SSSR count). The molecule has 1 atom stereocenters. The zero-order valence-electron chi connectivity index (χ0n) is 10.8. The van der Waals surface area contributed by atoms with Crippen molar-refractivity contribution in [1.29, 1.82) is 0 Å². The molecule has 0 radical (unpaired) electrons. The van der Waals surface area contributed by atoms with Gasteiger partial charge < -0.3 is 15.2 Å². The normalized spacial score (nSPS) is 12.7. The van der Waals surface area contributed by atoms with Crippen LogP contribution in [0, 0.1) is 0 Å². The predicted molar refractivity (Wildman–Crippen MR) is 80.4 cm³/mol. The second kappa shape index (κ2) is 9.01. The van der Waals surface area contributed by atoms with Crippen LogP contribution in [0.2, 0.25) is 15.1 Å². The summed E-state index contributed by atoms with van der Waals surface area (Å²) in [5.74, 6) is 0. The minimum atomic E-state index is 0.0582. The second-order valence-corrected chi connectivity index (χ2v) is 5.29. The Labute approximate surface area is 128 Å². The molecule has 2 N–H and O–H groups in total. The SMILES string of the molecule is CC(NCCCOCCO)c1ccc(Cl)c(Cl)c1Cl. The van der Waals surface area contributed by atoms with E-state index in [0.29, 0.717) is 28.3 Å². The van der Waals surface area contributed by atoms with Gasteiger partial charge in [-0.1, -0.05) is 40.9 Å². The van der Waals surface area contributed by atoms with Crippen molar-refractivity contribution in [3.8, 4) is 0 Å². The minimum Gasteiger partial charge on any atom is -0.394 e. The Morgan fingerprint density at radius 3 is 2.63 bits per heavy atom. The summed E-state index contributed by atoms with van der Waals surface area (Å²) < 4.78 is 5.17. The summed E-state index contributed by atoms with van der Waals surface area (Å²) in [6.45, 7) is 3.87. The van der Waals surface area contributed by atoms with Crippen molar-refractivity contribution in [2.45, 2.75) is 19.4 Å². The van der Waals surface area contributed by atoms with Crippen LogP contribution in [0.5, 0.6) is 0 Å². The summed E-state index contributed by atoms with van der Waals surface area (Å²) in [6, 6.07) is 3.70. The summed E-state index contributed by atoms with van der Waals surface area (Å²) in [7, 11) is 0. The summed E-state index contributed by atoms with van der Waals surface area (Å²) in [6.07, 6.45) is 0.864. The fraction of sp³-hybridized carbons (Fsp3) is 0.538. The predicted octanol–water partition coefficient (Wildman–Crippen LogP) is 3.70. The lowest BCUT2D eigenvalue weighted by atomic mass is 10.1. The Bertz CT molecular complexity index is 402. The quantitative estimate of drug-likeness (QED) is 0.565. The van der Waals surface area contributed by atoms with Gasteiger partial charge in [0.15, 0.2) is 0 Å². The topological polar surface area (TPSA) is 41.5 Å². The molecule has 0 fully saturated rings. The van der Waals surface area contributed by atoms with E-state index in [1.165, 1.54) is 0 Å². The van der Waals surface area contributed by atoms with Gasteiger partial charge in [0.25, 0.3) is 0 Å². The third kappa shape index (κ3) is 5.46. The first-order chi connectivity index (χ1) is 9.07. The van der Waals surface area contributed by atoms with Gasteiger partial charge in [0, 0.05) is 12.6 Å². The average molecular weight is 327 g/mol. The van der Waals surface area contributed by atoms with Crippen molar-refractivity contribution in [1.82, 2.24) is 5.32 Å². The molecule has 0 aliphatic heterocycles. The average Bonchev–Trinajstić information content (AvgIpc) is 2.40. The van der Waals surface area contributed by atoms with Crippen LogP contribution >= 0.6 is 34.8 Å². The lowest BCUT2D eigenvalue weighted by Crippen LogP contribution is -2.21. The van der Waals surface area contributed by atoms with E-state index in [-0.39, 0.29) is 12.6 Å². The standard InChI is InChI=1S/C13H18Cl3NO2/c1-9(17-5-2-7-19-8-6-18)10-3-4-11(14)13(16)12(10)15/h3-4,9,17-18H,2,5-8H2,1H3. The molecule has 1 aromatic rings. The molecule has 1 unspecified atom stereocenters. The number of halogens is 3. The number of rotatable bonds is 8. The van der Waals surface area contributed by atoms with Gasteiger partial charge in [-0.05, 0) is 31.5 Å². The molecule has 3 nitrogen and oxygen atoms in total. The van der Waals surface area contributed by atoms with Crippen LogP contribution in [0.3, 0.4) is 0 Å². The van der Waals surface area contributed by atoms with Crippen molar-refractivity contribution in [3.05, 3.63) is 32.8 Å². The molecular formula is C13H18Cl3NO2. The molecule has 19 heavy (non-hydrogen) atoms. The summed E-state index contributed by atoms with van der Waals surface area (Å²) in [5, 5.41) is 13.2. The Balaban J connectivity index is 2.41. The molecule has 1 aromatic carbocycles. The maximum atomic E-state index is 8.56. The number of nitrogens with one attached hydrogen (secondary N) is 1. The lowest BCUT2D eigenvalue weighted by Gasteiger charge is -2.16. The molecule has 0 spiro atoms. The van der Waals surface area contributed by atoms with Crippen LogP contribution in [0.25, 0.3) is 0 Å². The van der Waals surface area contributed by atoms with E-state index in [2.05, 4.69) is 5.32 Å². The largest absolute Gasteiger partial charge is 0.394 e. The number of ether oxygens (including phenoxy) is 1. The van der Waals surface area contributed by atoms with Gasteiger partial charge in [0.05, 0.1) is 28.3 Å². The first-order valence-electron chi connectivity index (χ1n) is 6.13. The first-order valence-corrected chi connectivity index (χ1v) is 7.26. The van der Waals surface area contributed by atoms with E-state index in [1.807, 2.05) is 13.0 Å². The molecule has 0 bridgehead atoms. The summed E-state index contributed by atoms with van der Waals surface area (Å²) >= 11 is 18.1. The number of hydrogen-bond acceptors (Lipinski definition) is 3. The maximum absolute atomic E-state index is 8.56. The van der Waals surface area contributed by atoms with E-state index >= 15 is 0 Å². The van der Waals surface area contributed by atoms with Crippen molar-refractivity contribution >= 4 is 34.8 Å². The van der Waals surface area contributed by atoms with Crippen LogP contribution < -0.4 is 5.32 Å². The van der Waals surface area contributed by atoms with Crippen LogP contribution in [0.15, 0.2) is 12.1 Å². The van der Waals surface area contributed by atoms with E-state index in [9.17, 15) is 0 Å². The fourth-order valence-electron chi connectivity index (χ4n) is 1.64. The van der Waals surface area contributed by atoms with Crippen LogP contribution in [-0.4, -0.2) is 31.5 Å². The zero-order chi connectivity index (χ0) is 14.3. The van der Waals surface area contributed by atoms with Crippen molar-refractivity contribution in [3.63, 3.8) is 0 Å². The molecule has 0 aliphatic carbocycles. The Kier molecular flexibility index (Phi) is 8.07. The zero-order valence-corrected chi connectivity index (χ0v) is 13.0. The highest BCUT2D eigenvalue weighted by atomic mass is 35.5. The molecule has 0 amide bonds. The highest BCUT2D eigenvalue weighted by Gasteiger charge is 2.13. The number of hydrogen-bond donors (Lipinski definition) is 2. The monoisotopic (exact) mass is 325 g/mol. The minimum absolute atomic E-state index is 0.0582. The number of aliphatic hydroxyl groups excluding tert-OH is 1. The fourth-order valence-corrected chi connectivity index (χ4v) is 2.35. The van der Waals surface area contributed by atoms with Gasteiger partial charge in [-0.15, -0.1) is 0 Å². The van der Waals surface area contributed by atoms with Crippen molar-refractivity contribution in [2.75, 3.05) is 26.4 Å². The van der Waals surface area contributed by atoms with Crippen molar-refractivity contribution < 1.29 is 9.84 Å². The van der Waals surface area contributed by atoms with E-state index < -0.39 is 0 Å². The van der Waals surface area contributed by atoms with Gasteiger partial charge >= 0.3 is 0 Å². The molecule has 0 saturated carbocycles. The molecule has 0 saturated heterocycles. The second-order valence-electron chi connectivity index (χ2n) is 4.13. The van der Waals surface area contributed by atoms with Gasteiger partial charge in [-0.3, -0.25) is 0 Å². The lowest BCUT2D eigenvalue weighted by molar-refractivity contribution is 0.0904. The summed E-state index contributed by atoms with van der Waals surface area (Å²) in [4.78, 5) is 0.